The van der Waals surface area contributed by atoms with E-state index in [-0.39, 0.29) is 17.5 Å². The van der Waals surface area contributed by atoms with Crippen LogP contribution in [0.1, 0.15) is 45.1 Å². The van der Waals surface area contributed by atoms with Crippen LogP contribution in [0.4, 0.5) is 10.5 Å². The smallest absolute Gasteiger partial charge is 0.409 e. The largest absolute Gasteiger partial charge is 0.432 e. The van der Waals surface area contributed by atoms with Gasteiger partial charge in [0.05, 0.1) is 11.4 Å². The minimum Gasteiger partial charge on any atom is -0.432 e. The summed E-state index contributed by atoms with van der Waals surface area (Å²) in [7, 11) is 0. The van der Waals surface area contributed by atoms with Gasteiger partial charge >= 0.3 is 12.3 Å². The Kier molecular flexibility index (Phi) is 2.93. The first-order valence-electron chi connectivity index (χ1n) is 10.2. The molecule has 1 aromatic rings. The van der Waals surface area contributed by atoms with E-state index in [1.165, 1.54) is 0 Å². The number of amides is 1. The fraction of sp³-hybridized carbons (Fsp3) is 0.591. The molecule has 0 radical (unpaired) electrons. The number of ether oxygens (including phenoxy) is 1. The summed E-state index contributed by atoms with van der Waals surface area (Å²) in [6.45, 7) is 13.5. The van der Waals surface area contributed by atoms with Crippen LogP contribution in [0.3, 0.4) is 0 Å². The molecular weight excluding hydrogens is 352 g/mol. The van der Waals surface area contributed by atoms with Gasteiger partial charge in [-0.05, 0) is 25.3 Å². The van der Waals surface area contributed by atoms with Crippen LogP contribution >= 0.6 is 0 Å². The van der Waals surface area contributed by atoms with Gasteiger partial charge in [-0.3, -0.25) is 9.84 Å². The lowest BCUT2D eigenvalue weighted by atomic mass is 9.49. The maximum absolute atomic E-state index is 12.9. The summed E-state index contributed by atoms with van der Waals surface area (Å²) < 4.78 is 6.08. The number of hydrogen-bond acceptors (Lipinski definition) is 4. The molecule has 28 heavy (non-hydrogen) atoms. The van der Waals surface area contributed by atoms with Crippen molar-refractivity contribution in [1.29, 1.82) is 0 Å². The first kappa shape index (κ1) is 16.6. The van der Waals surface area contributed by atoms with Crippen molar-refractivity contribution in [2.45, 2.75) is 62.9 Å². The maximum Gasteiger partial charge on any atom is 0.409 e. The normalized spacial score (nSPS) is 42.1. The lowest BCUT2D eigenvalue weighted by molar-refractivity contribution is -0.117. The molecule has 1 saturated carbocycles. The highest BCUT2D eigenvalue weighted by Gasteiger charge is 2.75. The molecule has 6 nitrogen and oxygen atoms in total. The van der Waals surface area contributed by atoms with E-state index in [4.69, 9.17) is 16.3 Å². The molecule has 0 aromatic heterocycles. The third kappa shape index (κ3) is 1.69. The van der Waals surface area contributed by atoms with Crippen molar-refractivity contribution in [1.82, 2.24) is 10.2 Å². The molecule has 2 spiro atoms. The number of hydrogen-bond donors (Lipinski definition) is 1. The molecule has 5 atom stereocenters. The van der Waals surface area contributed by atoms with Crippen LogP contribution in [-0.2, 0) is 10.3 Å². The highest BCUT2D eigenvalue weighted by Crippen LogP contribution is 2.64. The summed E-state index contributed by atoms with van der Waals surface area (Å²) in [6.07, 6.45) is 3.08. The first-order valence-corrected chi connectivity index (χ1v) is 10.2. The summed E-state index contributed by atoms with van der Waals surface area (Å²) in [5.41, 5.74) is 1.09. The number of aliphatic imine (C=N–C) groups is 1. The predicted octanol–water partition coefficient (Wildman–Crippen LogP) is 3.61. The van der Waals surface area contributed by atoms with Gasteiger partial charge in [0.1, 0.15) is 5.54 Å². The Labute approximate surface area is 164 Å². The van der Waals surface area contributed by atoms with E-state index in [2.05, 4.69) is 28.9 Å². The minimum absolute atomic E-state index is 0.160. The standard InChI is InChI=1S/C22H24N4O2/c1-20(2)16-11-13-7-6-10-26(13)18(23-3)21(16)12-22(28-19(27)25-21)14-8-4-5-9-15(14)24-17(20)22/h4-5,8-9,13,16,18H,6-7,10-12H2,1-2H3,(H,25,27). The lowest BCUT2D eigenvalue weighted by Crippen LogP contribution is -2.80. The summed E-state index contributed by atoms with van der Waals surface area (Å²) in [4.78, 5) is 24.4. The summed E-state index contributed by atoms with van der Waals surface area (Å²) in [5.74, 6) is 0.160. The molecule has 5 aliphatic rings. The Bertz CT molecular complexity index is 979. The number of alkyl carbamates (subject to hydrolysis) is 1. The first-order chi connectivity index (χ1) is 13.4. The Morgan fingerprint density at radius 2 is 2.18 bits per heavy atom. The minimum atomic E-state index is -0.853. The van der Waals surface area contributed by atoms with E-state index in [1.54, 1.807) is 0 Å². The maximum atomic E-state index is 12.9. The fourth-order valence-corrected chi connectivity index (χ4v) is 7.11. The van der Waals surface area contributed by atoms with Crippen molar-refractivity contribution < 1.29 is 9.53 Å². The SMILES string of the molecule is [C-]#[N+]C1N2CCCC2CC2C(C)(C)C3=Nc4ccccc4C34CC12NC(=O)O4. The van der Waals surface area contributed by atoms with E-state index in [9.17, 15) is 4.79 Å². The number of nitrogens with one attached hydrogen (secondary N) is 1. The molecule has 1 N–H and O–H groups in total. The van der Waals surface area contributed by atoms with Gasteiger partial charge < -0.3 is 10.1 Å². The zero-order valence-corrected chi connectivity index (χ0v) is 16.2. The molecule has 4 fully saturated rings. The van der Waals surface area contributed by atoms with Crippen LogP contribution in [0.2, 0.25) is 0 Å². The second kappa shape index (κ2) is 4.96. The van der Waals surface area contributed by atoms with E-state index in [1.807, 2.05) is 24.3 Å². The van der Waals surface area contributed by atoms with Gasteiger partial charge in [-0.15, -0.1) is 0 Å². The Balaban J connectivity index is 1.62. The molecule has 6 rings (SSSR count). The van der Waals surface area contributed by atoms with Gasteiger partial charge in [-0.25, -0.2) is 16.3 Å². The van der Waals surface area contributed by atoms with Crippen LogP contribution in [0, 0.1) is 17.9 Å². The number of nitrogens with zero attached hydrogens (tertiary/aromatic N) is 3. The topological polar surface area (TPSA) is 58.3 Å². The molecule has 4 aliphatic heterocycles. The van der Waals surface area contributed by atoms with Crippen LogP contribution in [0.25, 0.3) is 4.85 Å². The van der Waals surface area contributed by atoms with Gasteiger partial charge in [0.25, 0.3) is 0 Å². The quantitative estimate of drug-likeness (QED) is 0.704. The number of benzene rings is 1. The molecule has 4 heterocycles. The molecule has 1 aromatic carbocycles. The van der Waals surface area contributed by atoms with E-state index in [0.29, 0.717) is 12.5 Å². The predicted molar refractivity (Wildman–Crippen MR) is 104 cm³/mol. The Morgan fingerprint density at radius 3 is 3.00 bits per heavy atom. The monoisotopic (exact) mass is 376 g/mol. The van der Waals surface area contributed by atoms with Crippen LogP contribution in [0.15, 0.2) is 29.3 Å². The van der Waals surface area contributed by atoms with Crippen molar-refractivity contribution in [3.05, 3.63) is 41.2 Å². The highest BCUT2D eigenvalue weighted by atomic mass is 16.6. The lowest BCUT2D eigenvalue weighted by Gasteiger charge is -2.63. The number of fused-ring (bicyclic) bond motifs is 2. The molecule has 1 aliphatic carbocycles. The molecule has 3 saturated heterocycles. The summed E-state index contributed by atoms with van der Waals surface area (Å²) in [6, 6.07) is 8.42. The second-order valence-electron chi connectivity index (χ2n) is 9.58. The van der Waals surface area contributed by atoms with E-state index >= 15 is 0 Å². The highest BCUT2D eigenvalue weighted by molar-refractivity contribution is 6.07. The number of carbonyl (C=O) groups excluding carboxylic acids is 1. The zero-order valence-electron chi connectivity index (χ0n) is 16.2. The van der Waals surface area contributed by atoms with Gasteiger partial charge in [0.15, 0.2) is 5.60 Å². The number of rotatable bonds is 0. The summed E-state index contributed by atoms with van der Waals surface area (Å²) >= 11 is 0. The van der Waals surface area contributed by atoms with Crippen molar-refractivity contribution in [2.75, 3.05) is 6.54 Å². The average molecular weight is 376 g/mol. The van der Waals surface area contributed by atoms with Crippen molar-refractivity contribution in [2.24, 2.45) is 16.3 Å². The number of piperidine rings is 1. The summed E-state index contributed by atoms with van der Waals surface area (Å²) in [5, 5.41) is 3.20. The van der Waals surface area contributed by atoms with Gasteiger partial charge in [0, 0.05) is 35.9 Å². The van der Waals surface area contributed by atoms with E-state index < -0.39 is 17.2 Å². The van der Waals surface area contributed by atoms with Gasteiger partial charge in [0.2, 0.25) is 0 Å². The molecule has 5 unspecified atom stereocenters. The third-order valence-electron chi connectivity index (χ3n) is 8.03. The van der Waals surface area contributed by atoms with Gasteiger partial charge in [-0.1, -0.05) is 32.0 Å². The Morgan fingerprint density at radius 1 is 1.36 bits per heavy atom. The van der Waals surface area contributed by atoms with Crippen molar-refractivity contribution >= 4 is 17.5 Å². The van der Waals surface area contributed by atoms with Crippen LogP contribution in [-0.4, -0.2) is 41.0 Å². The fourth-order valence-electron chi connectivity index (χ4n) is 7.11. The van der Waals surface area contributed by atoms with Crippen LogP contribution in [0.5, 0.6) is 0 Å². The van der Waals surface area contributed by atoms with Crippen LogP contribution < -0.4 is 5.32 Å². The Hall–Kier alpha value is -2.39. The molecule has 2 bridgehead atoms. The molecule has 1 amide bonds. The molecule has 144 valence electrons. The van der Waals surface area contributed by atoms with Crippen molar-refractivity contribution in [3.8, 4) is 0 Å². The van der Waals surface area contributed by atoms with Crippen molar-refractivity contribution in [3.63, 3.8) is 0 Å². The van der Waals surface area contributed by atoms with Gasteiger partial charge in [-0.2, -0.15) is 0 Å². The average Bonchev–Trinajstić information content (AvgIpc) is 3.23. The second-order valence-corrected chi connectivity index (χ2v) is 9.58. The number of carbonyl (C=O) groups is 1. The third-order valence-corrected chi connectivity index (χ3v) is 8.03. The van der Waals surface area contributed by atoms with E-state index in [0.717, 1.165) is 42.8 Å². The molecule has 6 heteroatoms. The number of para-hydroxylation sites is 1. The molecular formula is C22H24N4O2. The zero-order chi connectivity index (χ0) is 19.3.